The van der Waals surface area contributed by atoms with Gasteiger partial charge in [-0.1, -0.05) is 6.07 Å². The largest absolute Gasteiger partial charge is 0.301 e. The lowest BCUT2D eigenvalue weighted by molar-refractivity contribution is -0.711. The molecule has 0 bridgehead atoms. The van der Waals surface area contributed by atoms with Crippen molar-refractivity contribution in [2.45, 2.75) is 0 Å². The van der Waals surface area contributed by atoms with Crippen LogP contribution in [0.3, 0.4) is 0 Å². The Bertz CT molecular complexity index is 613. The number of fused-ring (bicyclic) bond motifs is 1. The summed E-state index contributed by atoms with van der Waals surface area (Å²) in [5, 5.41) is 20.4. The molecule has 0 radical (unpaired) electrons. The summed E-state index contributed by atoms with van der Waals surface area (Å²) in [4.78, 5) is 28.3. The average molecular weight is 235 g/mol. The molecular formula is C9H5N3O5. The van der Waals surface area contributed by atoms with Crippen molar-refractivity contribution in [2.24, 2.45) is 0 Å². The highest BCUT2D eigenvalue weighted by atomic mass is 17.0. The Kier molecular flexibility index (Phi) is 2.53. The minimum absolute atomic E-state index is 0.155. The summed E-state index contributed by atoms with van der Waals surface area (Å²) in [5.41, 5.74) is -0.155. The zero-order valence-corrected chi connectivity index (χ0v) is 8.27. The number of non-ortho nitro benzene ring substituents is 1. The number of nitrogens with zero attached hydrogens (tertiary/aromatic N) is 3. The molecule has 0 saturated heterocycles. The zero-order valence-electron chi connectivity index (χ0n) is 8.27. The number of rotatable bonds is 3. The highest BCUT2D eigenvalue weighted by Gasteiger charge is 2.15. The molecule has 0 saturated carbocycles. The zero-order chi connectivity index (χ0) is 12.4. The van der Waals surface area contributed by atoms with Gasteiger partial charge in [-0.2, -0.15) is 0 Å². The van der Waals surface area contributed by atoms with Gasteiger partial charge >= 0.3 is 5.09 Å². The van der Waals surface area contributed by atoms with E-state index < -0.39 is 10.0 Å². The summed E-state index contributed by atoms with van der Waals surface area (Å²) in [6.07, 6.45) is 1.22. The van der Waals surface area contributed by atoms with E-state index in [-0.39, 0.29) is 22.3 Å². The topological polar surface area (TPSA) is 108 Å². The highest BCUT2D eigenvalue weighted by molar-refractivity contribution is 5.93. The molecule has 0 N–H and O–H groups in total. The maximum atomic E-state index is 10.8. The summed E-state index contributed by atoms with van der Waals surface area (Å²) in [5.74, 6) is -0.267. The molecular weight excluding hydrogens is 230 g/mol. The van der Waals surface area contributed by atoms with Gasteiger partial charge < -0.3 is 0 Å². The first-order chi connectivity index (χ1) is 8.09. The minimum Gasteiger partial charge on any atom is -0.258 e. The summed E-state index contributed by atoms with van der Waals surface area (Å²) < 4.78 is 0. The Balaban J connectivity index is 2.69. The van der Waals surface area contributed by atoms with Gasteiger partial charge in [0.2, 0.25) is 5.88 Å². The van der Waals surface area contributed by atoms with E-state index in [1.165, 1.54) is 30.5 Å². The molecule has 2 aromatic rings. The van der Waals surface area contributed by atoms with Crippen molar-refractivity contribution >= 4 is 16.5 Å². The van der Waals surface area contributed by atoms with Crippen molar-refractivity contribution < 1.29 is 14.8 Å². The summed E-state index contributed by atoms with van der Waals surface area (Å²) in [6, 6.07) is 5.58. The Morgan fingerprint density at radius 3 is 2.53 bits per heavy atom. The molecule has 0 atom stereocenters. The lowest BCUT2D eigenvalue weighted by atomic mass is 10.1. The standard InChI is InChI=1S/C9H5N3O5/c13-11(14)8-3-1-2-7-6(8)4-5-10-9(7)17-12(15)16/h1-5H. The second kappa shape index (κ2) is 4.00. The second-order valence-corrected chi connectivity index (χ2v) is 3.06. The molecule has 86 valence electrons. The van der Waals surface area contributed by atoms with E-state index in [1.54, 1.807) is 0 Å². The van der Waals surface area contributed by atoms with E-state index in [9.17, 15) is 20.2 Å². The van der Waals surface area contributed by atoms with Crippen molar-refractivity contribution in [3.8, 4) is 5.88 Å². The molecule has 1 aromatic heterocycles. The van der Waals surface area contributed by atoms with Crippen LogP contribution in [0.4, 0.5) is 5.69 Å². The molecule has 0 spiro atoms. The molecule has 1 heterocycles. The third kappa shape index (κ3) is 1.95. The van der Waals surface area contributed by atoms with Crippen LogP contribution >= 0.6 is 0 Å². The molecule has 2 rings (SSSR count). The van der Waals surface area contributed by atoms with Crippen LogP contribution in [0.5, 0.6) is 5.88 Å². The van der Waals surface area contributed by atoms with Gasteiger partial charge in [-0.05, 0) is 12.1 Å². The first kappa shape index (κ1) is 10.7. The van der Waals surface area contributed by atoms with Gasteiger partial charge in [-0.25, -0.2) is 4.98 Å². The lowest BCUT2D eigenvalue weighted by Crippen LogP contribution is -2.05. The van der Waals surface area contributed by atoms with Crippen LogP contribution in [0.25, 0.3) is 10.8 Å². The molecule has 0 unspecified atom stereocenters. The van der Waals surface area contributed by atoms with Crippen molar-refractivity contribution in [3.63, 3.8) is 0 Å². The van der Waals surface area contributed by atoms with Gasteiger partial charge in [0.15, 0.2) is 0 Å². The molecule has 17 heavy (non-hydrogen) atoms. The summed E-state index contributed by atoms with van der Waals surface area (Å²) in [7, 11) is 0. The fraction of sp³-hybridized carbons (Fsp3) is 0. The van der Waals surface area contributed by atoms with E-state index in [2.05, 4.69) is 9.82 Å². The fourth-order valence-electron chi connectivity index (χ4n) is 1.47. The van der Waals surface area contributed by atoms with E-state index >= 15 is 0 Å². The second-order valence-electron chi connectivity index (χ2n) is 3.06. The highest BCUT2D eigenvalue weighted by Crippen LogP contribution is 2.29. The number of nitro groups is 1. The Labute approximate surface area is 93.7 Å². The molecule has 0 fully saturated rings. The third-order valence-corrected chi connectivity index (χ3v) is 2.10. The smallest absolute Gasteiger partial charge is 0.258 e. The van der Waals surface area contributed by atoms with Crippen molar-refractivity contribution in [2.75, 3.05) is 0 Å². The average Bonchev–Trinajstić information content (AvgIpc) is 2.28. The van der Waals surface area contributed by atoms with Crippen molar-refractivity contribution in [3.05, 3.63) is 50.7 Å². The van der Waals surface area contributed by atoms with Gasteiger partial charge in [-0.15, -0.1) is 10.1 Å². The van der Waals surface area contributed by atoms with Crippen LogP contribution in [0.2, 0.25) is 0 Å². The molecule has 0 aliphatic carbocycles. The van der Waals surface area contributed by atoms with E-state index in [1.807, 2.05) is 0 Å². The predicted molar refractivity (Wildman–Crippen MR) is 56.0 cm³/mol. The van der Waals surface area contributed by atoms with Gasteiger partial charge in [0.1, 0.15) is 0 Å². The molecule has 8 nitrogen and oxygen atoms in total. The fourth-order valence-corrected chi connectivity index (χ4v) is 1.47. The SMILES string of the molecule is O=[N+]([O-])Oc1nccc2c([N+](=O)[O-])cccc12. The maximum Gasteiger partial charge on any atom is 0.301 e. The van der Waals surface area contributed by atoms with E-state index in [4.69, 9.17) is 0 Å². The van der Waals surface area contributed by atoms with Crippen LogP contribution in [0.15, 0.2) is 30.5 Å². The number of aromatic nitrogens is 1. The first-order valence-electron chi connectivity index (χ1n) is 4.44. The van der Waals surface area contributed by atoms with Gasteiger partial charge in [0.05, 0.1) is 10.3 Å². The van der Waals surface area contributed by atoms with Gasteiger partial charge in [0.25, 0.3) is 5.69 Å². The van der Waals surface area contributed by atoms with Gasteiger partial charge in [-0.3, -0.25) is 15.0 Å². The van der Waals surface area contributed by atoms with Crippen LogP contribution in [0, 0.1) is 20.2 Å². The Morgan fingerprint density at radius 1 is 1.12 bits per heavy atom. The Hall–Kier alpha value is -2.77. The first-order valence-corrected chi connectivity index (χ1v) is 4.44. The molecule has 8 heteroatoms. The molecule has 0 amide bonds. The number of hydrogen-bond acceptors (Lipinski definition) is 6. The van der Waals surface area contributed by atoms with E-state index in [0.29, 0.717) is 0 Å². The van der Waals surface area contributed by atoms with Gasteiger partial charge in [0, 0.05) is 17.6 Å². The number of hydrogen-bond donors (Lipinski definition) is 0. The Morgan fingerprint density at radius 2 is 1.88 bits per heavy atom. The van der Waals surface area contributed by atoms with Crippen molar-refractivity contribution in [1.29, 1.82) is 0 Å². The number of nitro benzene ring substituents is 1. The van der Waals surface area contributed by atoms with Crippen molar-refractivity contribution in [1.82, 2.24) is 4.98 Å². The molecule has 0 aliphatic rings. The molecule has 0 aliphatic heterocycles. The monoisotopic (exact) mass is 235 g/mol. The van der Waals surface area contributed by atoms with Crippen LogP contribution < -0.4 is 4.84 Å². The summed E-state index contributed by atoms with van der Waals surface area (Å²) in [6.45, 7) is 0. The third-order valence-electron chi connectivity index (χ3n) is 2.10. The minimum atomic E-state index is -1.01. The van der Waals surface area contributed by atoms with Crippen LogP contribution in [0.1, 0.15) is 0 Å². The van der Waals surface area contributed by atoms with Crippen LogP contribution in [-0.2, 0) is 0 Å². The maximum absolute atomic E-state index is 10.8. The number of pyridine rings is 1. The lowest BCUT2D eigenvalue weighted by Gasteiger charge is -2.03. The number of benzene rings is 1. The normalized spacial score (nSPS) is 10.1. The molecule has 1 aromatic carbocycles. The van der Waals surface area contributed by atoms with E-state index in [0.717, 1.165) is 0 Å². The quantitative estimate of drug-likeness (QED) is 0.591. The van der Waals surface area contributed by atoms with Crippen LogP contribution in [-0.4, -0.2) is 15.0 Å². The summed E-state index contributed by atoms with van der Waals surface area (Å²) >= 11 is 0. The predicted octanol–water partition coefficient (Wildman–Crippen LogP) is 1.71.